The fourth-order valence-corrected chi connectivity index (χ4v) is 3.18. The lowest BCUT2D eigenvalue weighted by atomic mass is 9.41. The predicted octanol–water partition coefficient (Wildman–Crippen LogP) is 3.67. The van der Waals surface area contributed by atoms with E-state index in [0.717, 1.165) is 31.2 Å². The Hall–Kier alpha value is -1.35. The van der Waals surface area contributed by atoms with Crippen LogP contribution in [0.25, 0.3) is 5.65 Å². The lowest BCUT2D eigenvalue weighted by molar-refractivity contribution is 0.597. The van der Waals surface area contributed by atoms with Crippen molar-refractivity contribution in [2.75, 3.05) is 0 Å². The highest BCUT2D eigenvalue weighted by Gasteiger charge is 2.26. The van der Waals surface area contributed by atoms with Gasteiger partial charge in [-0.2, -0.15) is 0 Å². The van der Waals surface area contributed by atoms with Crippen molar-refractivity contribution >= 4 is 28.3 Å². The first-order valence-electron chi connectivity index (χ1n) is 6.40. The lowest BCUT2D eigenvalue weighted by Gasteiger charge is -2.21. The molecule has 1 aliphatic rings. The van der Waals surface area contributed by atoms with Gasteiger partial charge in [0.1, 0.15) is 0 Å². The van der Waals surface area contributed by atoms with E-state index >= 15 is 0 Å². The van der Waals surface area contributed by atoms with E-state index in [2.05, 4.69) is 26.9 Å². The van der Waals surface area contributed by atoms with Crippen molar-refractivity contribution in [3.63, 3.8) is 0 Å². The van der Waals surface area contributed by atoms with E-state index in [9.17, 15) is 4.39 Å². The average Bonchev–Trinajstić information content (AvgIpc) is 2.83. The quantitative estimate of drug-likeness (QED) is 0.752. The van der Waals surface area contributed by atoms with Gasteiger partial charge in [-0.1, -0.05) is 25.5 Å². The zero-order chi connectivity index (χ0) is 13.4. The number of hydrogen-bond acceptors (Lipinski definition) is 2. The van der Waals surface area contributed by atoms with Crippen LogP contribution >= 0.6 is 15.9 Å². The van der Waals surface area contributed by atoms with E-state index in [1.54, 1.807) is 4.40 Å². The monoisotopic (exact) mass is 319 g/mol. The minimum absolute atomic E-state index is 0.180. The molecule has 0 spiro atoms. The minimum Gasteiger partial charge on any atom is -0.303 e. The molecule has 3 heterocycles. The van der Waals surface area contributed by atoms with Gasteiger partial charge in [-0.25, -0.2) is 14.6 Å². The van der Waals surface area contributed by atoms with Crippen LogP contribution in [0.15, 0.2) is 22.9 Å². The topological polar surface area (TPSA) is 41.1 Å². The van der Waals surface area contributed by atoms with Gasteiger partial charge in [-0.05, 0) is 22.0 Å². The minimum atomic E-state index is -0.314. The summed E-state index contributed by atoms with van der Waals surface area (Å²) in [5, 5.41) is 8.90. The SMILES string of the molecule is N#CB1CCC(c2cn3cc(Br)cc(F)c3n2)CC1. The molecular weight excluding hydrogens is 308 g/mol. The Balaban J connectivity index is 1.90. The van der Waals surface area contributed by atoms with Crippen LogP contribution in [0, 0.1) is 17.0 Å². The molecule has 0 bridgehead atoms. The molecule has 3 rings (SSSR count). The maximum Gasteiger partial charge on any atom is 0.267 e. The second-order valence-corrected chi connectivity index (χ2v) is 6.00. The number of nitrogens with zero attached hydrogens (tertiary/aromatic N) is 3. The van der Waals surface area contributed by atoms with Gasteiger partial charge in [0, 0.05) is 28.8 Å². The highest BCUT2D eigenvalue weighted by molar-refractivity contribution is 9.10. The zero-order valence-electron chi connectivity index (χ0n) is 10.3. The predicted molar refractivity (Wildman–Crippen MR) is 75.8 cm³/mol. The Morgan fingerprint density at radius 3 is 2.84 bits per heavy atom. The summed E-state index contributed by atoms with van der Waals surface area (Å²) in [4.78, 5) is 4.41. The zero-order valence-corrected chi connectivity index (χ0v) is 11.9. The van der Waals surface area contributed by atoms with Crippen molar-refractivity contribution in [1.82, 2.24) is 9.38 Å². The van der Waals surface area contributed by atoms with Gasteiger partial charge in [0.2, 0.25) is 0 Å². The summed E-state index contributed by atoms with van der Waals surface area (Å²) in [6, 6.07) is 1.43. The fraction of sp³-hybridized carbons (Fsp3) is 0.385. The van der Waals surface area contributed by atoms with E-state index in [0.29, 0.717) is 16.0 Å². The summed E-state index contributed by atoms with van der Waals surface area (Å²) in [5.74, 6) is 2.36. The molecule has 3 nitrogen and oxygen atoms in total. The smallest absolute Gasteiger partial charge is 0.267 e. The van der Waals surface area contributed by atoms with Crippen LogP contribution in [0.5, 0.6) is 0 Å². The molecule has 19 heavy (non-hydrogen) atoms. The van der Waals surface area contributed by atoms with Gasteiger partial charge in [-0.15, -0.1) is 0 Å². The molecule has 0 N–H and O–H groups in total. The number of imidazole rings is 1. The van der Waals surface area contributed by atoms with E-state index in [1.807, 2.05) is 12.4 Å². The molecule has 1 fully saturated rings. The van der Waals surface area contributed by atoms with Crippen LogP contribution in [0.1, 0.15) is 24.5 Å². The van der Waals surface area contributed by atoms with Crippen molar-refractivity contribution in [1.29, 1.82) is 5.26 Å². The van der Waals surface area contributed by atoms with Crippen LogP contribution in [-0.4, -0.2) is 16.1 Å². The fourth-order valence-electron chi connectivity index (χ4n) is 2.76. The van der Waals surface area contributed by atoms with Crippen molar-refractivity contribution < 1.29 is 4.39 Å². The first-order valence-corrected chi connectivity index (χ1v) is 7.20. The van der Waals surface area contributed by atoms with Crippen LogP contribution in [0.4, 0.5) is 4.39 Å². The molecule has 96 valence electrons. The molecule has 1 saturated heterocycles. The molecule has 6 heteroatoms. The maximum absolute atomic E-state index is 13.8. The largest absolute Gasteiger partial charge is 0.303 e. The first kappa shape index (κ1) is 12.7. The van der Waals surface area contributed by atoms with E-state index in [1.165, 1.54) is 6.07 Å². The van der Waals surface area contributed by atoms with Gasteiger partial charge >= 0.3 is 0 Å². The summed E-state index contributed by atoms with van der Waals surface area (Å²) in [6.45, 7) is 0.180. The molecule has 2 aromatic rings. The van der Waals surface area contributed by atoms with Crippen LogP contribution < -0.4 is 0 Å². The number of hydrogen-bond donors (Lipinski definition) is 0. The Morgan fingerprint density at radius 2 is 2.16 bits per heavy atom. The maximum atomic E-state index is 13.8. The molecule has 0 amide bonds. The first-order chi connectivity index (χ1) is 9.17. The average molecular weight is 320 g/mol. The molecule has 0 aliphatic carbocycles. The van der Waals surface area contributed by atoms with Gasteiger partial charge in [0.25, 0.3) is 6.71 Å². The molecule has 2 aromatic heterocycles. The molecule has 1 aliphatic heterocycles. The second kappa shape index (κ2) is 4.97. The Kier molecular flexibility index (Phi) is 3.32. The van der Waals surface area contributed by atoms with Gasteiger partial charge in [0.15, 0.2) is 11.5 Å². The molecular formula is C13H12BBrFN3. The van der Waals surface area contributed by atoms with Crippen molar-refractivity contribution in [3.05, 3.63) is 34.4 Å². The van der Waals surface area contributed by atoms with E-state index in [-0.39, 0.29) is 12.5 Å². The molecule has 0 atom stereocenters. The number of nitriles is 1. The number of aromatic nitrogens is 2. The van der Waals surface area contributed by atoms with Gasteiger partial charge in [-0.3, -0.25) is 0 Å². The Labute approximate surface area is 119 Å². The molecule has 0 saturated carbocycles. The second-order valence-electron chi connectivity index (χ2n) is 5.08. The molecule has 0 radical (unpaired) electrons. The summed E-state index contributed by atoms with van der Waals surface area (Å²) in [7, 11) is 0. The summed E-state index contributed by atoms with van der Waals surface area (Å²) in [5.41, 5.74) is 1.31. The highest BCUT2D eigenvalue weighted by atomic mass is 79.9. The number of pyridine rings is 1. The summed E-state index contributed by atoms with van der Waals surface area (Å²) in [6.07, 6.45) is 7.48. The van der Waals surface area contributed by atoms with Crippen LogP contribution in [-0.2, 0) is 0 Å². The van der Waals surface area contributed by atoms with Crippen molar-refractivity contribution in [3.8, 4) is 5.97 Å². The highest BCUT2D eigenvalue weighted by Crippen LogP contribution is 2.33. The van der Waals surface area contributed by atoms with Gasteiger partial charge in [0.05, 0.1) is 5.69 Å². The summed E-state index contributed by atoms with van der Waals surface area (Å²) >= 11 is 3.28. The third kappa shape index (κ3) is 2.39. The van der Waals surface area contributed by atoms with Crippen molar-refractivity contribution in [2.24, 2.45) is 0 Å². The summed E-state index contributed by atoms with van der Waals surface area (Å²) < 4.78 is 16.2. The number of halogens is 2. The third-order valence-electron chi connectivity index (χ3n) is 3.82. The van der Waals surface area contributed by atoms with E-state index in [4.69, 9.17) is 5.26 Å². The Morgan fingerprint density at radius 1 is 1.42 bits per heavy atom. The molecule has 0 aromatic carbocycles. The lowest BCUT2D eigenvalue weighted by Crippen LogP contribution is -2.18. The van der Waals surface area contributed by atoms with Crippen molar-refractivity contribution in [2.45, 2.75) is 31.4 Å². The van der Waals surface area contributed by atoms with E-state index < -0.39 is 0 Å². The van der Waals surface area contributed by atoms with Gasteiger partial charge < -0.3 is 4.40 Å². The number of rotatable bonds is 1. The van der Waals surface area contributed by atoms with Crippen LogP contribution in [0.3, 0.4) is 0 Å². The standard InChI is InChI=1S/C13H12BBrFN3/c15-10-5-11(16)13-18-12(7-19(13)6-10)9-1-3-14(8-17)4-2-9/h5-7,9H,1-4H2. The Bertz CT molecular complexity index is 656. The third-order valence-corrected chi connectivity index (χ3v) is 4.25. The van der Waals surface area contributed by atoms with Crippen LogP contribution in [0.2, 0.25) is 12.6 Å². The number of fused-ring (bicyclic) bond motifs is 1. The molecule has 0 unspecified atom stereocenters. The normalized spacial score (nSPS) is 16.8.